The largest absolute Gasteiger partial charge is 0.319 e. The van der Waals surface area contributed by atoms with Crippen LogP contribution in [0.15, 0.2) is 42.5 Å². The average Bonchev–Trinajstić information content (AvgIpc) is 2.46. The minimum Gasteiger partial charge on any atom is -0.319 e. The van der Waals surface area contributed by atoms with Crippen molar-refractivity contribution >= 4 is 12.4 Å². The fourth-order valence-corrected chi connectivity index (χ4v) is 4.46. The van der Waals surface area contributed by atoms with E-state index in [1.807, 2.05) is 30.3 Å². The molecular formula is C12H15OP. The van der Waals surface area contributed by atoms with Crippen LogP contribution in [0.25, 0.3) is 0 Å². The summed E-state index contributed by atoms with van der Waals surface area (Å²) in [6, 6.07) is 9.95. The summed E-state index contributed by atoms with van der Waals surface area (Å²) in [5.41, 5.74) is 0. The summed E-state index contributed by atoms with van der Waals surface area (Å²) in [7, 11) is -2.07. The zero-order chi connectivity index (χ0) is 9.86. The lowest BCUT2D eigenvalue weighted by Crippen LogP contribution is -2.09. The molecule has 1 aliphatic heterocycles. The zero-order valence-corrected chi connectivity index (χ0v) is 9.12. The first-order valence-electron chi connectivity index (χ1n) is 5.10. The summed E-state index contributed by atoms with van der Waals surface area (Å²) < 4.78 is 12.6. The number of hydrogen-bond donors (Lipinski definition) is 0. The van der Waals surface area contributed by atoms with Gasteiger partial charge in [-0.1, -0.05) is 42.5 Å². The van der Waals surface area contributed by atoms with Crippen LogP contribution in [0.3, 0.4) is 0 Å². The lowest BCUT2D eigenvalue weighted by Gasteiger charge is -2.15. The molecule has 14 heavy (non-hydrogen) atoms. The summed E-state index contributed by atoms with van der Waals surface area (Å²) >= 11 is 0. The van der Waals surface area contributed by atoms with Crippen molar-refractivity contribution in [1.82, 2.24) is 0 Å². The molecule has 1 nitrogen and oxygen atoms in total. The fraction of sp³-hybridized carbons (Fsp3) is 0.333. The Bertz CT molecular complexity index is 353. The Kier molecular flexibility index (Phi) is 2.88. The highest BCUT2D eigenvalue weighted by atomic mass is 31.2. The number of allylic oxidation sites excluding steroid dienone is 2. The lowest BCUT2D eigenvalue weighted by atomic mass is 10.4. The van der Waals surface area contributed by atoms with Crippen molar-refractivity contribution in [3.05, 3.63) is 42.5 Å². The molecule has 0 radical (unpaired) electrons. The van der Waals surface area contributed by atoms with Crippen LogP contribution in [0.1, 0.15) is 12.8 Å². The predicted molar refractivity (Wildman–Crippen MR) is 61.8 cm³/mol. The molecule has 0 aromatic heterocycles. The van der Waals surface area contributed by atoms with E-state index in [1.165, 1.54) is 0 Å². The first-order chi connectivity index (χ1) is 6.81. The van der Waals surface area contributed by atoms with Gasteiger partial charge in [0.15, 0.2) is 0 Å². The summed E-state index contributed by atoms with van der Waals surface area (Å²) in [6.45, 7) is 0. The van der Waals surface area contributed by atoms with Crippen LogP contribution in [-0.2, 0) is 4.57 Å². The summed E-state index contributed by atoms with van der Waals surface area (Å²) in [6.07, 6.45) is 7.92. The van der Waals surface area contributed by atoms with Crippen LogP contribution in [0, 0.1) is 0 Å². The second kappa shape index (κ2) is 4.14. The quantitative estimate of drug-likeness (QED) is 0.510. The molecule has 0 amide bonds. The molecule has 1 heterocycles. The molecular weight excluding hydrogens is 191 g/mol. The molecule has 0 bridgehead atoms. The normalized spacial score (nSPS) is 20.3. The molecule has 74 valence electrons. The van der Waals surface area contributed by atoms with E-state index >= 15 is 0 Å². The Balaban J connectivity index is 2.28. The molecule has 0 atom stereocenters. The van der Waals surface area contributed by atoms with E-state index in [2.05, 4.69) is 12.2 Å². The second-order valence-corrected chi connectivity index (χ2v) is 6.91. The van der Waals surface area contributed by atoms with Crippen LogP contribution < -0.4 is 5.30 Å². The van der Waals surface area contributed by atoms with Crippen molar-refractivity contribution in [2.75, 3.05) is 12.3 Å². The predicted octanol–water partition coefficient (Wildman–Crippen LogP) is 3.03. The number of benzene rings is 1. The van der Waals surface area contributed by atoms with E-state index in [9.17, 15) is 4.57 Å². The molecule has 2 heteroatoms. The molecule has 0 spiro atoms. The van der Waals surface area contributed by atoms with Gasteiger partial charge < -0.3 is 4.57 Å². The van der Waals surface area contributed by atoms with Gasteiger partial charge in [-0.25, -0.2) is 0 Å². The number of rotatable bonds is 1. The third-order valence-corrected chi connectivity index (χ3v) is 5.91. The first-order valence-corrected chi connectivity index (χ1v) is 7.18. The van der Waals surface area contributed by atoms with E-state index in [0.717, 1.165) is 30.5 Å². The van der Waals surface area contributed by atoms with Gasteiger partial charge in [0.05, 0.1) is 0 Å². The van der Waals surface area contributed by atoms with Crippen molar-refractivity contribution in [2.24, 2.45) is 0 Å². The van der Waals surface area contributed by atoms with Crippen molar-refractivity contribution in [2.45, 2.75) is 12.8 Å². The van der Waals surface area contributed by atoms with E-state index in [1.54, 1.807) is 0 Å². The van der Waals surface area contributed by atoms with E-state index < -0.39 is 7.14 Å². The molecule has 1 aliphatic rings. The van der Waals surface area contributed by atoms with Gasteiger partial charge in [-0.05, 0) is 12.8 Å². The van der Waals surface area contributed by atoms with E-state index in [4.69, 9.17) is 0 Å². The molecule has 1 aromatic rings. The van der Waals surface area contributed by atoms with Gasteiger partial charge in [0, 0.05) is 17.6 Å². The Labute approximate surface area is 85.2 Å². The average molecular weight is 206 g/mol. The molecule has 0 N–H and O–H groups in total. The van der Waals surface area contributed by atoms with Gasteiger partial charge in [-0.15, -0.1) is 0 Å². The van der Waals surface area contributed by atoms with Crippen LogP contribution >= 0.6 is 7.14 Å². The molecule has 1 aromatic carbocycles. The first kappa shape index (κ1) is 9.73. The standard InChI is InChI=1S/C12H15OP/c13-14(10-6-1-2-7-11-14)12-8-4-3-5-9-12/h1-5,8-9H,6-7,10-11H2. The molecule has 0 aliphatic carbocycles. The van der Waals surface area contributed by atoms with Gasteiger partial charge in [0.25, 0.3) is 0 Å². The number of hydrogen-bond acceptors (Lipinski definition) is 1. The lowest BCUT2D eigenvalue weighted by molar-refractivity contribution is 0.581. The molecule has 2 rings (SSSR count). The monoisotopic (exact) mass is 206 g/mol. The minimum atomic E-state index is -2.07. The molecule has 0 fully saturated rings. The maximum Gasteiger partial charge on any atom is 0.116 e. The highest BCUT2D eigenvalue weighted by molar-refractivity contribution is 7.71. The Morgan fingerprint density at radius 3 is 2.07 bits per heavy atom. The Morgan fingerprint density at radius 2 is 1.50 bits per heavy atom. The maximum atomic E-state index is 12.6. The highest BCUT2D eigenvalue weighted by Crippen LogP contribution is 2.46. The van der Waals surface area contributed by atoms with Gasteiger partial charge in [-0.3, -0.25) is 0 Å². The van der Waals surface area contributed by atoms with E-state index in [-0.39, 0.29) is 0 Å². The van der Waals surface area contributed by atoms with Crippen molar-refractivity contribution in [3.63, 3.8) is 0 Å². The van der Waals surface area contributed by atoms with Gasteiger partial charge in [0.2, 0.25) is 0 Å². The summed E-state index contributed by atoms with van der Waals surface area (Å²) in [4.78, 5) is 0. The van der Waals surface area contributed by atoms with Crippen molar-refractivity contribution in [1.29, 1.82) is 0 Å². The molecule has 0 saturated carbocycles. The van der Waals surface area contributed by atoms with E-state index in [0.29, 0.717) is 0 Å². The maximum absolute atomic E-state index is 12.6. The summed E-state index contributed by atoms with van der Waals surface area (Å²) in [5, 5.41) is 1.06. The highest BCUT2D eigenvalue weighted by Gasteiger charge is 2.23. The van der Waals surface area contributed by atoms with Crippen LogP contribution in [0.4, 0.5) is 0 Å². The summed E-state index contributed by atoms with van der Waals surface area (Å²) in [5.74, 6) is 0. The third-order valence-electron chi connectivity index (χ3n) is 2.71. The van der Waals surface area contributed by atoms with Gasteiger partial charge in [0.1, 0.15) is 7.14 Å². The minimum absolute atomic E-state index is 0.841. The molecule has 0 unspecified atom stereocenters. The zero-order valence-electron chi connectivity index (χ0n) is 8.23. The van der Waals surface area contributed by atoms with Crippen LogP contribution in [0.5, 0.6) is 0 Å². The van der Waals surface area contributed by atoms with Crippen LogP contribution in [-0.4, -0.2) is 12.3 Å². The van der Waals surface area contributed by atoms with Crippen molar-refractivity contribution < 1.29 is 4.57 Å². The molecule has 0 saturated heterocycles. The topological polar surface area (TPSA) is 17.1 Å². The fourth-order valence-electron chi connectivity index (χ4n) is 1.87. The Morgan fingerprint density at radius 1 is 0.929 bits per heavy atom. The van der Waals surface area contributed by atoms with Gasteiger partial charge in [-0.2, -0.15) is 0 Å². The second-order valence-electron chi connectivity index (χ2n) is 3.72. The van der Waals surface area contributed by atoms with Crippen LogP contribution in [0.2, 0.25) is 0 Å². The Hall–Kier alpha value is -0.810. The third kappa shape index (κ3) is 1.99. The smallest absolute Gasteiger partial charge is 0.116 e. The van der Waals surface area contributed by atoms with Gasteiger partial charge >= 0.3 is 0 Å². The SMILES string of the molecule is O=P1(c2ccccc2)CCC=CCC1. The van der Waals surface area contributed by atoms with Crippen molar-refractivity contribution in [3.8, 4) is 0 Å².